The zero-order valence-electron chi connectivity index (χ0n) is 13.6. The van der Waals surface area contributed by atoms with Crippen LogP contribution in [0.5, 0.6) is 17.2 Å². The number of carbonyl (C=O) groups is 1. The molecule has 0 aliphatic heterocycles. The summed E-state index contributed by atoms with van der Waals surface area (Å²) in [5, 5.41) is 3.11. The number of para-hydroxylation sites is 1. The molecule has 5 nitrogen and oxygen atoms in total. The zero-order chi connectivity index (χ0) is 17.5. The van der Waals surface area contributed by atoms with Gasteiger partial charge in [-0.15, -0.1) is 0 Å². The van der Waals surface area contributed by atoms with Gasteiger partial charge >= 0.3 is 0 Å². The van der Waals surface area contributed by atoms with E-state index in [4.69, 9.17) is 25.8 Å². The van der Waals surface area contributed by atoms with Gasteiger partial charge in [-0.3, -0.25) is 4.79 Å². The third kappa shape index (κ3) is 4.20. The lowest BCUT2D eigenvalue weighted by Crippen LogP contribution is -2.09. The Bertz CT molecular complexity index is 759. The van der Waals surface area contributed by atoms with Crippen LogP contribution in [0.1, 0.15) is 5.56 Å². The van der Waals surface area contributed by atoms with E-state index in [0.717, 1.165) is 5.56 Å². The number of ether oxygens (including phenoxy) is 3. The van der Waals surface area contributed by atoms with Crippen molar-refractivity contribution in [2.24, 2.45) is 0 Å². The fraction of sp³-hybridized carbons (Fsp3) is 0.167. The minimum Gasteiger partial charge on any atom is -0.496 e. The lowest BCUT2D eigenvalue weighted by atomic mass is 10.2. The summed E-state index contributed by atoms with van der Waals surface area (Å²) in [6.07, 6.45) is 3.08. The Balaban J connectivity index is 2.18. The Morgan fingerprint density at radius 2 is 1.67 bits per heavy atom. The SMILES string of the molecule is COc1cc(OC)c(NC(=O)/C=C/c2ccccc2OC)cc1Cl. The predicted molar refractivity (Wildman–Crippen MR) is 95.2 cm³/mol. The fourth-order valence-corrected chi connectivity index (χ4v) is 2.34. The van der Waals surface area contributed by atoms with Crippen molar-refractivity contribution in [3.05, 3.63) is 53.1 Å². The largest absolute Gasteiger partial charge is 0.496 e. The van der Waals surface area contributed by atoms with Gasteiger partial charge in [0.2, 0.25) is 5.91 Å². The van der Waals surface area contributed by atoms with E-state index in [2.05, 4.69) is 5.32 Å². The molecule has 2 aromatic rings. The molecule has 0 unspecified atom stereocenters. The van der Waals surface area contributed by atoms with Gasteiger partial charge in [-0.2, -0.15) is 0 Å². The highest BCUT2D eigenvalue weighted by Crippen LogP contribution is 2.35. The van der Waals surface area contributed by atoms with E-state index >= 15 is 0 Å². The van der Waals surface area contributed by atoms with Gasteiger partial charge in [0.25, 0.3) is 0 Å². The molecule has 24 heavy (non-hydrogen) atoms. The van der Waals surface area contributed by atoms with Crippen LogP contribution >= 0.6 is 11.6 Å². The van der Waals surface area contributed by atoms with Crippen LogP contribution < -0.4 is 19.5 Å². The minimum absolute atomic E-state index is 0.319. The number of benzene rings is 2. The maximum Gasteiger partial charge on any atom is 0.248 e. The number of halogens is 1. The van der Waals surface area contributed by atoms with E-state index in [1.165, 1.54) is 20.3 Å². The Morgan fingerprint density at radius 1 is 1.00 bits per heavy atom. The molecule has 0 atom stereocenters. The van der Waals surface area contributed by atoms with E-state index in [-0.39, 0.29) is 5.91 Å². The molecule has 0 fully saturated rings. The molecule has 2 rings (SSSR count). The van der Waals surface area contributed by atoms with Crippen LogP contribution in [0.2, 0.25) is 5.02 Å². The molecule has 1 amide bonds. The van der Waals surface area contributed by atoms with E-state index in [0.29, 0.717) is 28.0 Å². The molecule has 0 aliphatic carbocycles. The van der Waals surface area contributed by atoms with E-state index in [9.17, 15) is 4.79 Å². The van der Waals surface area contributed by atoms with Crippen molar-refractivity contribution in [1.29, 1.82) is 0 Å². The van der Waals surface area contributed by atoms with Gasteiger partial charge in [-0.1, -0.05) is 29.8 Å². The molecular weight excluding hydrogens is 330 g/mol. The number of hydrogen-bond donors (Lipinski definition) is 1. The lowest BCUT2D eigenvalue weighted by molar-refractivity contribution is -0.111. The van der Waals surface area contributed by atoms with Gasteiger partial charge in [0.15, 0.2) is 0 Å². The Hall–Kier alpha value is -2.66. The van der Waals surface area contributed by atoms with Crippen molar-refractivity contribution < 1.29 is 19.0 Å². The van der Waals surface area contributed by atoms with Gasteiger partial charge in [0, 0.05) is 17.7 Å². The van der Waals surface area contributed by atoms with Crippen LogP contribution in [-0.4, -0.2) is 27.2 Å². The topological polar surface area (TPSA) is 56.8 Å². The first-order valence-electron chi connectivity index (χ1n) is 7.12. The van der Waals surface area contributed by atoms with Gasteiger partial charge < -0.3 is 19.5 Å². The molecule has 0 bridgehead atoms. The van der Waals surface area contributed by atoms with Crippen molar-refractivity contribution >= 4 is 29.3 Å². The molecule has 0 saturated heterocycles. The molecule has 0 radical (unpaired) electrons. The monoisotopic (exact) mass is 347 g/mol. The van der Waals surface area contributed by atoms with Gasteiger partial charge in [0.05, 0.1) is 32.0 Å². The van der Waals surface area contributed by atoms with Crippen molar-refractivity contribution in [2.75, 3.05) is 26.6 Å². The average molecular weight is 348 g/mol. The molecule has 0 spiro atoms. The Kier molecular flexibility index (Phi) is 6.09. The molecule has 0 saturated carbocycles. The highest BCUT2D eigenvalue weighted by atomic mass is 35.5. The summed E-state index contributed by atoms with van der Waals surface area (Å²) in [5.41, 5.74) is 1.26. The van der Waals surface area contributed by atoms with E-state index in [1.54, 1.807) is 25.3 Å². The number of methoxy groups -OCH3 is 3. The number of nitrogens with one attached hydrogen (secondary N) is 1. The second kappa shape index (κ2) is 8.26. The highest BCUT2D eigenvalue weighted by molar-refractivity contribution is 6.32. The first-order valence-corrected chi connectivity index (χ1v) is 7.50. The van der Waals surface area contributed by atoms with Crippen LogP contribution in [0.4, 0.5) is 5.69 Å². The summed E-state index contributed by atoms with van der Waals surface area (Å²) >= 11 is 6.09. The predicted octanol–water partition coefficient (Wildman–Crippen LogP) is 4.02. The molecule has 6 heteroatoms. The van der Waals surface area contributed by atoms with Crippen LogP contribution in [0, 0.1) is 0 Å². The second-order valence-corrected chi connectivity index (χ2v) is 5.16. The third-order valence-corrected chi connectivity index (χ3v) is 3.58. The normalized spacial score (nSPS) is 10.5. The summed E-state index contributed by atoms with van der Waals surface area (Å²) in [6, 6.07) is 10.6. The number of carbonyl (C=O) groups excluding carboxylic acids is 1. The van der Waals surface area contributed by atoms with Gasteiger partial charge in [-0.05, 0) is 18.2 Å². The van der Waals surface area contributed by atoms with Crippen molar-refractivity contribution in [3.8, 4) is 17.2 Å². The smallest absolute Gasteiger partial charge is 0.248 e. The molecule has 126 valence electrons. The van der Waals surface area contributed by atoms with E-state index < -0.39 is 0 Å². The quantitative estimate of drug-likeness (QED) is 0.802. The molecule has 0 aliphatic rings. The first kappa shape index (κ1) is 17.7. The van der Waals surface area contributed by atoms with Gasteiger partial charge in [-0.25, -0.2) is 0 Å². The number of hydrogen-bond acceptors (Lipinski definition) is 4. The van der Waals surface area contributed by atoms with Gasteiger partial charge in [0.1, 0.15) is 17.2 Å². The number of anilines is 1. The fourth-order valence-electron chi connectivity index (χ4n) is 2.10. The lowest BCUT2D eigenvalue weighted by Gasteiger charge is -2.12. The molecular formula is C18H18ClNO4. The Morgan fingerprint density at radius 3 is 2.33 bits per heavy atom. The zero-order valence-corrected chi connectivity index (χ0v) is 14.4. The summed E-state index contributed by atoms with van der Waals surface area (Å²) in [7, 11) is 4.59. The average Bonchev–Trinajstić information content (AvgIpc) is 2.60. The van der Waals surface area contributed by atoms with Crippen LogP contribution in [0.25, 0.3) is 6.08 Å². The molecule has 0 aromatic heterocycles. The summed E-state index contributed by atoms with van der Waals surface area (Å²) < 4.78 is 15.6. The highest BCUT2D eigenvalue weighted by Gasteiger charge is 2.11. The number of amides is 1. The molecule has 1 N–H and O–H groups in total. The van der Waals surface area contributed by atoms with Crippen LogP contribution in [-0.2, 0) is 4.79 Å². The third-order valence-electron chi connectivity index (χ3n) is 3.28. The van der Waals surface area contributed by atoms with Crippen molar-refractivity contribution in [2.45, 2.75) is 0 Å². The second-order valence-electron chi connectivity index (χ2n) is 4.75. The molecule has 2 aromatic carbocycles. The minimum atomic E-state index is -0.319. The van der Waals surface area contributed by atoms with Crippen LogP contribution in [0.15, 0.2) is 42.5 Å². The summed E-state index contributed by atoms with van der Waals surface area (Å²) in [5.74, 6) is 1.29. The summed E-state index contributed by atoms with van der Waals surface area (Å²) in [6.45, 7) is 0. The maximum atomic E-state index is 12.2. The van der Waals surface area contributed by atoms with Crippen LogP contribution in [0.3, 0.4) is 0 Å². The van der Waals surface area contributed by atoms with Crippen molar-refractivity contribution in [3.63, 3.8) is 0 Å². The molecule has 0 heterocycles. The van der Waals surface area contributed by atoms with E-state index in [1.807, 2.05) is 24.3 Å². The number of rotatable bonds is 6. The Labute approximate surface area is 145 Å². The van der Waals surface area contributed by atoms with Crippen molar-refractivity contribution in [1.82, 2.24) is 0 Å². The standard InChI is InChI=1S/C18H18ClNO4/c1-22-15-7-5-4-6-12(15)8-9-18(21)20-14-10-13(19)16(23-2)11-17(14)24-3/h4-11H,1-3H3,(H,20,21)/b9-8+. The maximum absolute atomic E-state index is 12.2. The first-order chi connectivity index (χ1) is 11.6. The summed E-state index contributed by atoms with van der Waals surface area (Å²) in [4.78, 5) is 12.2.